The van der Waals surface area contributed by atoms with Gasteiger partial charge < -0.3 is 25.8 Å². The normalized spacial score (nSPS) is 13.5. The Bertz CT molecular complexity index is 941. The van der Waals surface area contributed by atoms with E-state index in [9.17, 15) is 9.59 Å². The number of nitrogens with two attached hydrogens (primary N) is 1. The van der Waals surface area contributed by atoms with Gasteiger partial charge in [-0.3, -0.25) is 0 Å². The fourth-order valence-corrected chi connectivity index (χ4v) is 3.65. The number of amides is 2. The maximum Gasteiger partial charge on any atom is 0.407 e. The summed E-state index contributed by atoms with van der Waals surface area (Å²) in [5, 5.41) is 5.16. The minimum absolute atomic E-state index is 0.00551. The van der Waals surface area contributed by atoms with Crippen LogP contribution >= 0.6 is 12.2 Å². The molecule has 0 saturated heterocycles. The number of fused-ring (bicyclic) bond motifs is 3. The predicted octanol–water partition coefficient (Wildman–Crippen LogP) is 3.70. The van der Waals surface area contributed by atoms with Gasteiger partial charge >= 0.3 is 12.2 Å². The van der Waals surface area contributed by atoms with Crippen LogP contribution < -0.4 is 16.4 Å². The smallest absolute Gasteiger partial charge is 0.407 e. The van der Waals surface area contributed by atoms with E-state index in [0.29, 0.717) is 0 Å². The number of rotatable bonds is 6. The SMILES string of the molecule is CC(C)(C)OC(=O)NCC(NC(=O)OCC1c2ccccc2-c2ccccc21)C(N)=S. The second kappa shape index (κ2) is 9.34. The number of carbonyl (C=O) groups is 2. The predicted molar refractivity (Wildman–Crippen MR) is 123 cm³/mol. The van der Waals surface area contributed by atoms with Crippen LogP contribution in [0.2, 0.25) is 0 Å². The summed E-state index contributed by atoms with van der Waals surface area (Å²) in [6.07, 6.45) is -1.28. The minimum atomic E-state index is -0.766. The molecule has 0 radical (unpaired) electrons. The van der Waals surface area contributed by atoms with E-state index in [-0.39, 0.29) is 24.1 Å². The fourth-order valence-electron chi connectivity index (χ4n) is 3.50. The van der Waals surface area contributed by atoms with Crippen molar-refractivity contribution in [2.45, 2.75) is 38.3 Å². The van der Waals surface area contributed by atoms with Crippen molar-refractivity contribution in [2.24, 2.45) is 5.73 Å². The molecule has 1 unspecified atom stereocenters. The van der Waals surface area contributed by atoms with Crippen LogP contribution in [0.3, 0.4) is 0 Å². The molecule has 2 aromatic carbocycles. The van der Waals surface area contributed by atoms with Gasteiger partial charge in [-0.25, -0.2) is 9.59 Å². The highest BCUT2D eigenvalue weighted by Crippen LogP contribution is 2.44. The van der Waals surface area contributed by atoms with Gasteiger partial charge in [0.15, 0.2) is 0 Å². The van der Waals surface area contributed by atoms with E-state index >= 15 is 0 Å². The van der Waals surface area contributed by atoms with Crippen LogP contribution in [0.4, 0.5) is 9.59 Å². The summed E-state index contributed by atoms with van der Waals surface area (Å²) in [6.45, 7) is 5.43. The van der Waals surface area contributed by atoms with Gasteiger partial charge in [-0.2, -0.15) is 0 Å². The van der Waals surface area contributed by atoms with Gasteiger partial charge in [0.05, 0.1) is 11.0 Å². The Labute approximate surface area is 187 Å². The Morgan fingerprint density at radius 2 is 1.58 bits per heavy atom. The average Bonchev–Trinajstić information content (AvgIpc) is 3.02. The van der Waals surface area contributed by atoms with Gasteiger partial charge in [0, 0.05) is 12.5 Å². The summed E-state index contributed by atoms with van der Waals surface area (Å²) in [5.41, 5.74) is 9.61. The summed E-state index contributed by atoms with van der Waals surface area (Å²) in [4.78, 5) is 24.3. The molecule has 1 aliphatic rings. The molecule has 0 bridgehead atoms. The Morgan fingerprint density at radius 1 is 1.03 bits per heavy atom. The summed E-state index contributed by atoms with van der Waals surface area (Å²) < 4.78 is 10.7. The van der Waals surface area contributed by atoms with Gasteiger partial charge in [-0.05, 0) is 43.0 Å². The molecular weight excluding hydrogens is 414 g/mol. The summed E-state index contributed by atoms with van der Waals surface area (Å²) in [7, 11) is 0. The van der Waals surface area contributed by atoms with Crippen molar-refractivity contribution in [2.75, 3.05) is 13.2 Å². The molecule has 8 heteroatoms. The first-order chi connectivity index (χ1) is 14.7. The molecule has 0 spiro atoms. The van der Waals surface area contributed by atoms with Crippen molar-refractivity contribution < 1.29 is 19.1 Å². The van der Waals surface area contributed by atoms with E-state index < -0.39 is 23.8 Å². The van der Waals surface area contributed by atoms with Crippen LogP contribution in [-0.2, 0) is 9.47 Å². The maximum absolute atomic E-state index is 12.4. The summed E-state index contributed by atoms with van der Waals surface area (Å²) in [5.74, 6) is -0.0543. The third-order valence-corrected chi connectivity index (χ3v) is 5.11. The molecule has 7 nitrogen and oxygen atoms in total. The van der Waals surface area contributed by atoms with Gasteiger partial charge in [0.1, 0.15) is 12.2 Å². The van der Waals surface area contributed by atoms with E-state index in [4.69, 9.17) is 27.4 Å². The lowest BCUT2D eigenvalue weighted by atomic mass is 9.98. The zero-order valence-electron chi connectivity index (χ0n) is 17.8. The molecule has 2 aromatic rings. The molecule has 1 aliphatic carbocycles. The summed E-state index contributed by atoms with van der Waals surface area (Å²) in [6, 6.07) is 15.4. The number of alkyl carbamates (subject to hydrolysis) is 2. The third kappa shape index (κ3) is 5.73. The number of benzene rings is 2. The molecule has 164 valence electrons. The minimum Gasteiger partial charge on any atom is -0.449 e. The van der Waals surface area contributed by atoms with Gasteiger partial charge in [0.25, 0.3) is 0 Å². The van der Waals surface area contributed by atoms with Crippen molar-refractivity contribution in [1.29, 1.82) is 0 Å². The number of hydrogen-bond donors (Lipinski definition) is 3. The van der Waals surface area contributed by atoms with Crippen molar-refractivity contribution in [3.63, 3.8) is 0 Å². The number of thiocarbonyl (C=S) groups is 1. The standard InChI is InChI=1S/C23H27N3O4S/c1-23(2,3)30-21(27)25-12-19(20(24)31)26-22(28)29-13-18-16-10-6-4-8-14(16)15-9-5-7-11-17(15)18/h4-11,18-19H,12-13H2,1-3H3,(H2,24,31)(H,25,27)(H,26,28). The van der Waals surface area contributed by atoms with Crippen LogP contribution in [0.15, 0.2) is 48.5 Å². The van der Waals surface area contributed by atoms with E-state index in [0.717, 1.165) is 22.3 Å². The Kier molecular flexibility index (Phi) is 6.80. The number of hydrogen-bond acceptors (Lipinski definition) is 5. The molecule has 1 atom stereocenters. The van der Waals surface area contributed by atoms with E-state index in [1.165, 1.54) is 0 Å². The molecule has 0 aliphatic heterocycles. The van der Waals surface area contributed by atoms with Crippen molar-refractivity contribution in [3.05, 3.63) is 59.7 Å². The molecule has 0 aromatic heterocycles. The van der Waals surface area contributed by atoms with Crippen molar-refractivity contribution in [3.8, 4) is 11.1 Å². The largest absolute Gasteiger partial charge is 0.449 e. The molecule has 4 N–H and O–H groups in total. The van der Waals surface area contributed by atoms with E-state index in [1.54, 1.807) is 20.8 Å². The molecule has 0 heterocycles. The molecule has 2 amide bonds. The Hall–Kier alpha value is -3.13. The van der Waals surface area contributed by atoms with Crippen LogP contribution in [-0.4, -0.2) is 42.0 Å². The Balaban J connectivity index is 1.59. The average molecular weight is 442 g/mol. The highest BCUT2D eigenvalue weighted by atomic mass is 32.1. The van der Waals surface area contributed by atoms with Gasteiger partial charge in [0.2, 0.25) is 0 Å². The molecular formula is C23H27N3O4S. The lowest BCUT2D eigenvalue weighted by molar-refractivity contribution is 0.0524. The van der Waals surface area contributed by atoms with Crippen LogP contribution in [0.5, 0.6) is 0 Å². The number of nitrogens with one attached hydrogen (secondary N) is 2. The quantitative estimate of drug-likeness (QED) is 0.591. The first kappa shape index (κ1) is 22.6. The van der Waals surface area contributed by atoms with Crippen LogP contribution in [0, 0.1) is 0 Å². The van der Waals surface area contributed by atoms with Crippen LogP contribution in [0.25, 0.3) is 11.1 Å². The van der Waals surface area contributed by atoms with Crippen molar-refractivity contribution >= 4 is 29.4 Å². The third-order valence-electron chi connectivity index (χ3n) is 4.83. The zero-order valence-corrected chi connectivity index (χ0v) is 18.6. The topological polar surface area (TPSA) is 103 Å². The molecule has 0 fully saturated rings. The van der Waals surface area contributed by atoms with Crippen molar-refractivity contribution in [1.82, 2.24) is 10.6 Å². The number of carbonyl (C=O) groups excluding carboxylic acids is 2. The first-order valence-electron chi connectivity index (χ1n) is 10.0. The lowest BCUT2D eigenvalue weighted by Gasteiger charge is -2.22. The summed E-state index contributed by atoms with van der Waals surface area (Å²) >= 11 is 5.01. The molecule has 0 saturated carbocycles. The monoisotopic (exact) mass is 441 g/mol. The second-order valence-electron chi connectivity index (χ2n) is 8.31. The fraction of sp³-hybridized carbons (Fsp3) is 0.348. The molecule has 3 rings (SSSR count). The molecule has 31 heavy (non-hydrogen) atoms. The highest BCUT2D eigenvalue weighted by Gasteiger charge is 2.29. The van der Waals surface area contributed by atoms with E-state index in [2.05, 4.69) is 22.8 Å². The lowest BCUT2D eigenvalue weighted by Crippen LogP contribution is -2.51. The van der Waals surface area contributed by atoms with Gasteiger partial charge in [-0.15, -0.1) is 0 Å². The first-order valence-corrected chi connectivity index (χ1v) is 10.4. The Morgan fingerprint density at radius 3 is 2.10 bits per heavy atom. The van der Waals surface area contributed by atoms with Gasteiger partial charge in [-0.1, -0.05) is 60.7 Å². The zero-order chi connectivity index (χ0) is 22.6. The van der Waals surface area contributed by atoms with Crippen LogP contribution in [0.1, 0.15) is 37.8 Å². The second-order valence-corrected chi connectivity index (χ2v) is 8.78. The maximum atomic E-state index is 12.4. The number of ether oxygens (including phenoxy) is 2. The highest BCUT2D eigenvalue weighted by molar-refractivity contribution is 7.80. The van der Waals surface area contributed by atoms with E-state index in [1.807, 2.05) is 36.4 Å².